The Hall–Kier alpha value is -2.94. The van der Waals surface area contributed by atoms with Gasteiger partial charge in [0.15, 0.2) is 0 Å². The smallest absolute Gasteiger partial charge is 0.118 e. The Morgan fingerprint density at radius 3 is 2.31 bits per heavy atom. The van der Waals surface area contributed by atoms with Gasteiger partial charge in [-0.1, -0.05) is 49.4 Å². The molecule has 4 rings (SSSR count). The van der Waals surface area contributed by atoms with E-state index in [1.165, 1.54) is 16.7 Å². The molecule has 3 nitrogen and oxygen atoms in total. The predicted molar refractivity (Wildman–Crippen MR) is 108 cm³/mol. The summed E-state index contributed by atoms with van der Waals surface area (Å²) in [6.07, 6.45) is 0. The Labute approximate surface area is 154 Å². The summed E-state index contributed by atoms with van der Waals surface area (Å²) in [5.41, 5.74) is 11.9. The molecule has 0 fully saturated rings. The third-order valence-electron chi connectivity index (χ3n) is 5.41. The summed E-state index contributed by atoms with van der Waals surface area (Å²) in [4.78, 5) is 0. The Morgan fingerprint density at radius 1 is 0.885 bits per heavy atom. The minimum absolute atomic E-state index is 0.249. The van der Waals surface area contributed by atoms with Gasteiger partial charge in [0.2, 0.25) is 0 Å². The van der Waals surface area contributed by atoms with Crippen LogP contribution in [0.15, 0.2) is 72.8 Å². The van der Waals surface area contributed by atoms with E-state index in [0.717, 1.165) is 17.1 Å². The van der Waals surface area contributed by atoms with E-state index >= 15 is 0 Å². The minimum atomic E-state index is 0.249. The molecule has 1 aliphatic heterocycles. The fourth-order valence-corrected chi connectivity index (χ4v) is 4.09. The topological polar surface area (TPSA) is 47.3 Å². The van der Waals surface area contributed by atoms with Gasteiger partial charge < -0.3 is 15.8 Å². The van der Waals surface area contributed by atoms with Gasteiger partial charge >= 0.3 is 0 Å². The predicted octanol–water partition coefficient (Wildman–Crippen LogP) is 5.21. The van der Waals surface area contributed by atoms with Gasteiger partial charge in [0, 0.05) is 17.3 Å². The van der Waals surface area contributed by atoms with Crippen LogP contribution < -0.4 is 15.8 Å². The van der Waals surface area contributed by atoms with Crippen LogP contribution in [-0.2, 0) is 0 Å². The average Bonchev–Trinajstić information content (AvgIpc) is 2.68. The van der Waals surface area contributed by atoms with Crippen LogP contribution in [0.3, 0.4) is 0 Å². The van der Waals surface area contributed by atoms with Gasteiger partial charge in [-0.2, -0.15) is 0 Å². The molecule has 3 heteroatoms. The number of benzene rings is 3. The highest BCUT2D eigenvalue weighted by Crippen LogP contribution is 2.48. The lowest BCUT2D eigenvalue weighted by Gasteiger charge is -2.40. The average molecular weight is 344 g/mol. The Bertz CT molecular complexity index is 890. The van der Waals surface area contributed by atoms with Crippen LogP contribution in [0.1, 0.15) is 35.6 Å². The number of ether oxygens (including phenoxy) is 1. The maximum absolute atomic E-state index is 6.11. The van der Waals surface area contributed by atoms with Crippen molar-refractivity contribution in [3.63, 3.8) is 0 Å². The van der Waals surface area contributed by atoms with Crippen molar-refractivity contribution < 1.29 is 4.74 Å². The van der Waals surface area contributed by atoms with Crippen LogP contribution in [0.4, 0.5) is 11.4 Å². The number of anilines is 2. The van der Waals surface area contributed by atoms with Crippen molar-refractivity contribution in [1.82, 2.24) is 0 Å². The number of hydrogen-bond acceptors (Lipinski definition) is 3. The number of fused-ring (bicyclic) bond motifs is 1. The molecule has 0 radical (unpaired) electrons. The van der Waals surface area contributed by atoms with Crippen LogP contribution in [0.25, 0.3) is 0 Å². The first-order valence-electron chi connectivity index (χ1n) is 9.02. The highest BCUT2D eigenvalue weighted by atomic mass is 16.5. The molecule has 132 valence electrons. The second-order valence-electron chi connectivity index (χ2n) is 6.99. The molecule has 1 heterocycles. The van der Waals surface area contributed by atoms with E-state index in [4.69, 9.17) is 10.5 Å². The van der Waals surface area contributed by atoms with Crippen LogP contribution in [-0.4, -0.2) is 7.11 Å². The zero-order valence-corrected chi connectivity index (χ0v) is 15.1. The molecule has 0 bridgehead atoms. The van der Waals surface area contributed by atoms with E-state index in [1.54, 1.807) is 7.11 Å². The molecule has 0 unspecified atom stereocenters. The SMILES string of the molecule is COc1ccc([C@@H]2c3cc(N)ccc3N[C@H](c3ccccc3)[C@H]2C)cc1. The summed E-state index contributed by atoms with van der Waals surface area (Å²) >= 11 is 0. The molecule has 0 amide bonds. The summed E-state index contributed by atoms with van der Waals surface area (Å²) in [5, 5.41) is 3.73. The van der Waals surface area contributed by atoms with E-state index in [2.05, 4.69) is 66.8 Å². The van der Waals surface area contributed by atoms with Gasteiger partial charge in [-0.25, -0.2) is 0 Å². The van der Waals surface area contributed by atoms with Crippen molar-refractivity contribution >= 4 is 11.4 Å². The molecule has 3 N–H and O–H groups in total. The van der Waals surface area contributed by atoms with Crippen molar-refractivity contribution in [2.24, 2.45) is 5.92 Å². The van der Waals surface area contributed by atoms with Crippen LogP contribution >= 0.6 is 0 Å². The van der Waals surface area contributed by atoms with Crippen molar-refractivity contribution in [2.75, 3.05) is 18.2 Å². The number of nitrogens with two attached hydrogens (primary N) is 1. The molecule has 0 aliphatic carbocycles. The lowest BCUT2D eigenvalue weighted by Crippen LogP contribution is -2.30. The summed E-state index contributed by atoms with van der Waals surface area (Å²) in [7, 11) is 1.70. The van der Waals surface area contributed by atoms with E-state index in [-0.39, 0.29) is 12.0 Å². The highest BCUT2D eigenvalue weighted by Gasteiger charge is 2.35. The molecular formula is C23H24N2O. The first kappa shape index (κ1) is 16.5. The van der Waals surface area contributed by atoms with Gasteiger partial charge in [-0.15, -0.1) is 0 Å². The van der Waals surface area contributed by atoms with Gasteiger partial charge in [-0.3, -0.25) is 0 Å². The Kier molecular flexibility index (Phi) is 4.29. The molecule has 0 saturated heterocycles. The van der Waals surface area contributed by atoms with E-state index in [9.17, 15) is 0 Å². The first-order valence-corrected chi connectivity index (χ1v) is 9.02. The second kappa shape index (κ2) is 6.75. The zero-order chi connectivity index (χ0) is 18.1. The normalized spacial score (nSPS) is 21.5. The molecule has 3 aromatic rings. The minimum Gasteiger partial charge on any atom is -0.497 e. The van der Waals surface area contributed by atoms with E-state index in [1.807, 2.05) is 18.2 Å². The molecule has 1 aliphatic rings. The number of nitrogens with one attached hydrogen (secondary N) is 1. The third kappa shape index (κ3) is 2.90. The summed E-state index contributed by atoms with van der Waals surface area (Å²) in [5.74, 6) is 1.52. The van der Waals surface area contributed by atoms with E-state index in [0.29, 0.717) is 5.92 Å². The van der Waals surface area contributed by atoms with Gasteiger partial charge in [0.25, 0.3) is 0 Å². The van der Waals surface area contributed by atoms with Crippen molar-refractivity contribution in [2.45, 2.75) is 18.9 Å². The first-order chi connectivity index (χ1) is 12.7. The number of methoxy groups -OCH3 is 1. The third-order valence-corrected chi connectivity index (χ3v) is 5.41. The second-order valence-corrected chi connectivity index (χ2v) is 6.99. The highest BCUT2D eigenvalue weighted by molar-refractivity contribution is 5.64. The molecule has 3 aromatic carbocycles. The number of hydrogen-bond donors (Lipinski definition) is 2. The van der Waals surface area contributed by atoms with Gasteiger partial charge in [0.05, 0.1) is 13.2 Å². The molecule has 0 aromatic heterocycles. The molecule has 0 spiro atoms. The standard InChI is InChI=1S/C23H24N2O/c1-15-22(16-8-11-19(26-2)12-9-16)20-14-18(24)10-13-21(20)25-23(15)17-6-4-3-5-7-17/h3-15,22-23,25H,24H2,1-2H3/t15-,22+,23-/m0/s1. The fourth-order valence-electron chi connectivity index (χ4n) is 4.09. The fraction of sp³-hybridized carbons (Fsp3) is 0.217. The quantitative estimate of drug-likeness (QED) is 0.641. The summed E-state index contributed by atoms with van der Waals surface area (Å²) in [6, 6.07) is 25.5. The maximum Gasteiger partial charge on any atom is 0.118 e. The van der Waals surface area contributed by atoms with Crippen LogP contribution in [0.5, 0.6) is 5.75 Å². The number of rotatable bonds is 3. The van der Waals surface area contributed by atoms with Crippen molar-refractivity contribution in [3.8, 4) is 5.75 Å². The number of nitrogen functional groups attached to an aromatic ring is 1. The summed E-state index contributed by atoms with van der Waals surface area (Å²) in [6.45, 7) is 2.31. The Balaban J connectivity index is 1.82. The van der Waals surface area contributed by atoms with Crippen molar-refractivity contribution in [3.05, 3.63) is 89.5 Å². The largest absolute Gasteiger partial charge is 0.497 e. The Morgan fingerprint density at radius 2 is 1.62 bits per heavy atom. The van der Waals surface area contributed by atoms with Crippen molar-refractivity contribution in [1.29, 1.82) is 0 Å². The lowest BCUT2D eigenvalue weighted by molar-refractivity contribution is 0.412. The zero-order valence-electron chi connectivity index (χ0n) is 15.1. The monoisotopic (exact) mass is 344 g/mol. The molecule has 3 atom stereocenters. The maximum atomic E-state index is 6.11. The van der Waals surface area contributed by atoms with Gasteiger partial charge in [-0.05, 0) is 52.9 Å². The lowest BCUT2D eigenvalue weighted by atomic mass is 9.73. The molecule has 26 heavy (non-hydrogen) atoms. The van der Waals surface area contributed by atoms with Crippen LogP contribution in [0, 0.1) is 5.92 Å². The van der Waals surface area contributed by atoms with Crippen LogP contribution in [0.2, 0.25) is 0 Å². The van der Waals surface area contributed by atoms with Gasteiger partial charge in [0.1, 0.15) is 5.75 Å². The molecular weight excluding hydrogens is 320 g/mol. The summed E-state index contributed by atoms with van der Waals surface area (Å²) < 4.78 is 5.33. The molecule has 0 saturated carbocycles. The van der Waals surface area contributed by atoms with E-state index < -0.39 is 0 Å².